The first-order valence-corrected chi connectivity index (χ1v) is 11.2. The maximum absolute atomic E-state index is 13.9. The van der Waals surface area contributed by atoms with Gasteiger partial charge in [0.2, 0.25) is 0 Å². The smallest absolute Gasteiger partial charge is 0.329 e. The average molecular weight is 474 g/mol. The van der Waals surface area contributed by atoms with Gasteiger partial charge in [-0.2, -0.15) is 0 Å². The number of carbonyl (C=O) groups excluding carboxylic acids is 3. The first kappa shape index (κ1) is 24.3. The van der Waals surface area contributed by atoms with Crippen LogP contribution in [-0.4, -0.2) is 41.3 Å². The van der Waals surface area contributed by atoms with Crippen LogP contribution in [0.4, 0.5) is 9.18 Å². The number of carbonyl (C=O) groups is 3. The van der Waals surface area contributed by atoms with Gasteiger partial charge in [-0.1, -0.05) is 24.3 Å². The maximum Gasteiger partial charge on any atom is 0.329 e. The molecular weight excluding hydrogens is 449 g/mol. The van der Waals surface area contributed by atoms with E-state index < -0.39 is 23.2 Å². The fourth-order valence-electron chi connectivity index (χ4n) is 3.11. The van der Waals surface area contributed by atoms with Crippen LogP contribution in [0.5, 0.6) is 11.5 Å². The van der Waals surface area contributed by atoms with E-state index >= 15 is 0 Å². The van der Waals surface area contributed by atoms with Gasteiger partial charge in [-0.3, -0.25) is 14.5 Å². The molecule has 1 atom stereocenters. The largest absolute Gasteiger partial charge is 0.490 e. The van der Waals surface area contributed by atoms with E-state index in [1.165, 1.54) is 13.0 Å². The summed E-state index contributed by atoms with van der Waals surface area (Å²) in [6.45, 7) is 5.46. The molecule has 1 unspecified atom stereocenters. The monoisotopic (exact) mass is 473 g/mol. The number of hydrogen-bond acceptors (Lipinski definition) is 7. The summed E-state index contributed by atoms with van der Waals surface area (Å²) in [7, 11) is 0. The van der Waals surface area contributed by atoms with E-state index in [2.05, 4.69) is 0 Å². The zero-order valence-corrected chi connectivity index (χ0v) is 19.3. The van der Waals surface area contributed by atoms with Crippen LogP contribution in [-0.2, 0) is 20.9 Å². The quantitative estimate of drug-likeness (QED) is 0.382. The maximum atomic E-state index is 13.9. The number of rotatable bonds is 9. The number of imide groups is 1. The van der Waals surface area contributed by atoms with E-state index in [0.717, 1.165) is 16.7 Å². The molecule has 0 saturated carbocycles. The molecule has 9 heteroatoms. The predicted molar refractivity (Wildman–Crippen MR) is 122 cm³/mol. The lowest BCUT2D eigenvalue weighted by Crippen LogP contribution is -2.42. The van der Waals surface area contributed by atoms with Crippen molar-refractivity contribution >= 4 is 35.0 Å². The Labute approximate surface area is 195 Å². The molecule has 1 saturated heterocycles. The van der Waals surface area contributed by atoms with Gasteiger partial charge in [-0.25, -0.2) is 9.18 Å². The van der Waals surface area contributed by atoms with Crippen molar-refractivity contribution in [1.82, 2.24) is 4.90 Å². The molecule has 0 aromatic heterocycles. The second-order valence-corrected chi connectivity index (χ2v) is 7.99. The van der Waals surface area contributed by atoms with Crippen LogP contribution < -0.4 is 9.47 Å². The Balaban J connectivity index is 1.80. The zero-order chi connectivity index (χ0) is 24.0. The van der Waals surface area contributed by atoms with Gasteiger partial charge in [0.05, 0.1) is 18.1 Å². The van der Waals surface area contributed by atoms with Crippen molar-refractivity contribution in [3.63, 3.8) is 0 Å². The molecule has 0 N–H and O–H groups in total. The lowest BCUT2D eigenvalue weighted by atomic mass is 10.1. The molecule has 0 aliphatic carbocycles. The Morgan fingerprint density at radius 3 is 2.55 bits per heavy atom. The Hall–Kier alpha value is -3.33. The lowest BCUT2D eigenvalue weighted by molar-refractivity contribution is -0.150. The van der Waals surface area contributed by atoms with Crippen molar-refractivity contribution < 1.29 is 33.0 Å². The summed E-state index contributed by atoms with van der Waals surface area (Å²) in [5.41, 5.74) is 1.01. The lowest BCUT2D eigenvalue weighted by Gasteiger charge is -2.19. The standard InChI is InChI=1S/C24H24FNO6S/c1-4-30-20-12-16(10-11-19(20)32-14-17-8-6-7-9-18(17)25)13-21-22(27)26(24(29)33-21)15(3)23(28)31-5-2/h6-13,15H,4-5,14H2,1-3H3. The van der Waals surface area contributed by atoms with Crippen LogP contribution in [0.3, 0.4) is 0 Å². The van der Waals surface area contributed by atoms with Crippen molar-refractivity contribution in [2.24, 2.45) is 0 Å². The third kappa shape index (κ3) is 5.73. The number of esters is 1. The highest BCUT2D eigenvalue weighted by Crippen LogP contribution is 2.36. The van der Waals surface area contributed by atoms with E-state index in [0.29, 0.717) is 29.2 Å². The van der Waals surface area contributed by atoms with Gasteiger partial charge in [0.15, 0.2) is 11.5 Å². The number of nitrogens with zero attached hydrogens (tertiary/aromatic N) is 1. The highest BCUT2D eigenvalue weighted by Gasteiger charge is 2.41. The zero-order valence-electron chi connectivity index (χ0n) is 18.5. The highest BCUT2D eigenvalue weighted by atomic mass is 32.2. The molecule has 2 amide bonds. The van der Waals surface area contributed by atoms with Crippen molar-refractivity contribution in [1.29, 1.82) is 0 Å². The van der Waals surface area contributed by atoms with Crippen molar-refractivity contribution in [2.75, 3.05) is 13.2 Å². The summed E-state index contributed by atoms with van der Waals surface area (Å²) in [5, 5.41) is -0.540. The normalized spacial score (nSPS) is 15.6. The molecule has 0 bridgehead atoms. The second-order valence-electron chi connectivity index (χ2n) is 7.00. The minimum Gasteiger partial charge on any atom is -0.490 e. The van der Waals surface area contributed by atoms with E-state index in [9.17, 15) is 18.8 Å². The third-order valence-electron chi connectivity index (χ3n) is 4.74. The molecule has 1 aliphatic rings. The summed E-state index contributed by atoms with van der Waals surface area (Å²) in [5.74, 6) is -0.734. The van der Waals surface area contributed by atoms with Crippen LogP contribution >= 0.6 is 11.8 Å². The number of hydrogen-bond donors (Lipinski definition) is 0. The molecule has 174 valence electrons. The highest BCUT2D eigenvalue weighted by molar-refractivity contribution is 8.18. The van der Waals surface area contributed by atoms with Gasteiger partial charge in [0, 0.05) is 5.56 Å². The Bertz CT molecular complexity index is 1090. The summed E-state index contributed by atoms with van der Waals surface area (Å²) >= 11 is 0.750. The van der Waals surface area contributed by atoms with Gasteiger partial charge < -0.3 is 14.2 Å². The van der Waals surface area contributed by atoms with Crippen LogP contribution in [0.15, 0.2) is 47.4 Å². The van der Waals surface area contributed by atoms with E-state index in [4.69, 9.17) is 14.2 Å². The summed E-state index contributed by atoms with van der Waals surface area (Å²) < 4.78 is 30.2. The molecule has 1 fully saturated rings. The Morgan fingerprint density at radius 2 is 1.85 bits per heavy atom. The van der Waals surface area contributed by atoms with Crippen LogP contribution in [0, 0.1) is 5.82 Å². The first-order chi connectivity index (χ1) is 15.8. The number of thioether (sulfide) groups is 1. The summed E-state index contributed by atoms with van der Waals surface area (Å²) in [6, 6.07) is 10.3. The van der Waals surface area contributed by atoms with Gasteiger partial charge in [-0.15, -0.1) is 0 Å². The Morgan fingerprint density at radius 1 is 1.09 bits per heavy atom. The minimum absolute atomic E-state index is 0.0245. The van der Waals surface area contributed by atoms with Gasteiger partial charge in [0.1, 0.15) is 18.5 Å². The number of halogens is 1. The average Bonchev–Trinajstić information content (AvgIpc) is 3.06. The van der Waals surface area contributed by atoms with Crippen molar-refractivity contribution in [2.45, 2.75) is 33.4 Å². The molecule has 1 aliphatic heterocycles. The van der Waals surface area contributed by atoms with Gasteiger partial charge >= 0.3 is 5.97 Å². The van der Waals surface area contributed by atoms with Crippen molar-refractivity contribution in [3.8, 4) is 11.5 Å². The molecule has 0 spiro atoms. The first-order valence-electron chi connectivity index (χ1n) is 10.4. The number of benzene rings is 2. The fraction of sp³-hybridized carbons (Fsp3) is 0.292. The van der Waals surface area contributed by atoms with Crippen LogP contribution in [0.1, 0.15) is 31.9 Å². The van der Waals surface area contributed by atoms with E-state index in [1.807, 2.05) is 6.92 Å². The van der Waals surface area contributed by atoms with Crippen LogP contribution in [0.25, 0.3) is 6.08 Å². The van der Waals surface area contributed by atoms with E-state index in [-0.39, 0.29) is 23.9 Å². The molecule has 2 aromatic rings. The fourth-order valence-corrected chi connectivity index (χ4v) is 4.01. The minimum atomic E-state index is -1.02. The SMILES string of the molecule is CCOC(=O)C(C)N1C(=O)SC(=Cc2ccc(OCc3ccccc3F)c(OCC)c2)C1=O. The van der Waals surface area contributed by atoms with Gasteiger partial charge in [0.25, 0.3) is 11.1 Å². The topological polar surface area (TPSA) is 82.1 Å². The number of ether oxygens (including phenoxy) is 3. The molecular formula is C24H24FNO6S. The molecule has 1 heterocycles. The predicted octanol–water partition coefficient (Wildman–Crippen LogP) is 4.79. The number of amides is 2. The molecule has 7 nitrogen and oxygen atoms in total. The molecule has 33 heavy (non-hydrogen) atoms. The summed E-state index contributed by atoms with van der Waals surface area (Å²) in [4.78, 5) is 38.2. The third-order valence-corrected chi connectivity index (χ3v) is 5.63. The molecule has 0 radical (unpaired) electrons. The van der Waals surface area contributed by atoms with Crippen LogP contribution in [0.2, 0.25) is 0 Å². The molecule has 3 rings (SSSR count). The molecule has 2 aromatic carbocycles. The Kier molecular flexibility index (Phi) is 8.11. The van der Waals surface area contributed by atoms with E-state index in [1.54, 1.807) is 49.4 Å². The summed E-state index contributed by atoms with van der Waals surface area (Å²) in [6.07, 6.45) is 1.55. The van der Waals surface area contributed by atoms with Crippen molar-refractivity contribution in [3.05, 3.63) is 64.3 Å². The second kappa shape index (κ2) is 11.0. The van der Waals surface area contributed by atoms with Gasteiger partial charge in [-0.05, 0) is 62.4 Å².